The van der Waals surface area contributed by atoms with Crippen molar-refractivity contribution in [1.82, 2.24) is 4.98 Å². The molecule has 1 heterocycles. The van der Waals surface area contributed by atoms with Crippen LogP contribution in [-0.2, 0) is 4.74 Å². The fraction of sp³-hybridized carbons (Fsp3) is 0.316. The van der Waals surface area contributed by atoms with Crippen LogP contribution < -0.4 is 9.64 Å². The van der Waals surface area contributed by atoms with E-state index in [1.54, 1.807) is 39.0 Å². The largest absolute Gasteiger partial charge is 0.480 e. The predicted molar refractivity (Wildman–Crippen MR) is 103 cm³/mol. The average molecular weight is 418 g/mol. The van der Waals surface area contributed by atoms with Gasteiger partial charge in [0.1, 0.15) is 23.1 Å². The van der Waals surface area contributed by atoms with Crippen LogP contribution >= 0.6 is 15.9 Å². The third-order valence-corrected chi connectivity index (χ3v) is 4.25. The third kappa shape index (κ3) is 4.52. The van der Waals surface area contributed by atoms with Crippen LogP contribution in [0.15, 0.2) is 34.8 Å². The number of hydrogen-bond acceptors (Lipinski definition) is 5. The van der Waals surface area contributed by atoms with Crippen LogP contribution in [0, 0.1) is 18.3 Å². The Kier molecular flexibility index (Phi) is 5.88. The summed E-state index contributed by atoms with van der Waals surface area (Å²) in [4.78, 5) is 18.5. The van der Waals surface area contributed by atoms with E-state index in [1.807, 2.05) is 25.1 Å². The standard InChI is InChI=1S/C19H20BrN3O3/c1-12-10-14(7-8-15(12)20)23(18(24)26-19(2,3)4)16-9-6-13(11-21)17(22-16)25-5/h6-10H,1-5H3. The second-order valence-corrected chi connectivity index (χ2v) is 7.44. The van der Waals surface area contributed by atoms with Gasteiger partial charge in [0.15, 0.2) is 0 Å². The van der Waals surface area contributed by atoms with E-state index in [0.29, 0.717) is 11.5 Å². The number of aryl methyl sites for hydroxylation is 1. The fourth-order valence-corrected chi connectivity index (χ4v) is 2.45. The van der Waals surface area contributed by atoms with Crippen molar-refractivity contribution in [1.29, 1.82) is 5.26 Å². The fourth-order valence-electron chi connectivity index (χ4n) is 2.20. The number of aromatic nitrogens is 1. The molecule has 0 unspecified atom stereocenters. The lowest BCUT2D eigenvalue weighted by atomic mass is 10.2. The van der Waals surface area contributed by atoms with Gasteiger partial charge in [-0.3, -0.25) is 0 Å². The van der Waals surface area contributed by atoms with Crippen LogP contribution in [0.5, 0.6) is 5.88 Å². The van der Waals surface area contributed by atoms with Gasteiger partial charge in [-0.05, 0) is 63.6 Å². The van der Waals surface area contributed by atoms with E-state index in [1.165, 1.54) is 12.0 Å². The molecule has 0 radical (unpaired) electrons. The average Bonchev–Trinajstić information content (AvgIpc) is 2.56. The van der Waals surface area contributed by atoms with Crippen molar-refractivity contribution in [3.8, 4) is 11.9 Å². The molecule has 0 atom stereocenters. The zero-order chi connectivity index (χ0) is 19.5. The van der Waals surface area contributed by atoms with E-state index in [4.69, 9.17) is 14.7 Å². The van der Waals surface area contributed by atoms with Gasteiger partial charge in [-0.25, -0.2) is 9.69 Å². The van der Waals surface area contributed by atoms with Gasteiger partial charge in [0, 0.05) is 4.47 Å². The third-order valence-electron chi connectivity index (χ3n) is 3.36. The molecular weight excluding hydrogens is 398 g/mol. The molecule has 0 aliphatic carbocycles. The molecular formula is C19H20BrN3O3. The molecule has 6 nitrogen and oxygen atoms in total. The van der Waals surface area contributed by atoms with Gasteiger partial charge in [-0.1, -0.05) is 15.9 Å². The molecule has 0 fully saturated rings. The summed E-state index contributed by atoms with van der Waals surface area (Å²) < 4.78 is 11.6. The number of amides is 1. The number of carbonyl (C=O) groups excluding carboxylic acids is 1. The van der Waals surface area contributed by atoms with Crippen LogP contribution in [0.4, 0.5) is 16.3 Å². The Balaban J connectivity index is 2.58. The Morgan fingerprint density at radius 2 is 1.96 bits per heavy atom. The lowest BCUT2D eigenvalue weighted by Crippen LogP contribution is -2.34. The number of halogens is 1. The number of carbonyl (C=O) groups is 1. The second kappa shape index (κ2) is 7.75. The summed E-state index contributed by atoms with van der Waals surface area (Å²) in [5.41, 5.74) is 1.17. The molecule has 0 spiro atoms. The summed E-state index contributed by atoms with van der Waals surface area (Å²) in [6.45, 7) is 7.31. The molecule has 0 bridgehead atoms. The Labute approximate surface area is 161 Å². The number of pyridine rings is 1. The maximum absolute atomic E-state index is 12.9. The van der Waals surface area contributed by atoms with Gasteiger partial charge < -0.3 is 9.47 Å². The van der Waals surface area contributed by atoms with Gasteiger partial charge in [0.05, 0.1) is 12.8 Å². The van der Waals surface area contributed by atoms with Crippen molar-refractivity contribution < 1.29 is 14.3 Å². The summed E-state index contributed by atoms with van der Waals surface area (Å²) in [7, 11) is 1.43. The minimum absolute atomic E-state index is 0.146. The molecule has 26 heavy (non-hydrogen) atoms. The number of methoxy groups -OCH3 is 1. The highest BCUT2D eigenvalue weighted by Gasteiger charge is 2.27. The molecule has 0 aliphatic heterocycles. The smallest absolute Gasteiger partial charge is 0.420 e. The van der Waals surface area contributed by atoms with E-state index in [2.05, 4.69) is 20.9 Å². The van der Waals surface area contributed by atoms with Crippen molar-refractivity contribution >= 4 is 33.5 Å². The summed E-state index contributed by atoms with van der Waals surface area (Å²) >= 11 is 3.46. The zero-order valence-corrected chi connectivity index (χ0v) is 16.9. The maximum Gasteiger partial charge on any atom is 0.420 e. The Morgan fingerprint density at radius 1 is 1.27 bits per heavy atom. The molecule has 0 saturated carbocycles. The van der Waals surface area contributed by atoms with Crippen molar-refractivity contribution in [2.75, 3.05) is 12.0 Å². The minimum atomic E-state index is -0.670. The number of rotatable bonds is 3. The number of nitrogens with zero attached hydrogens (tertiary/aromatic N) is 3. The van der Waals surface area contributed by atoms with Crippen LogP contribution in [0.2, 0.25) is 0 Å². The Hall–Kier alpha value is -2.59. The first-order valence-electron chi connectivity index (χ1n) is 7.90. The van der Waals surface area contributed by atoms with E-state index >= 15 is 0 Å². The van der Waals surface area contributed by atoms with Crippen molar-refractivity contribution in [2.24, 2.45) is 0 Å². The van der Waals surface area contributed by atoms with Crippen molar-refractivity contribution in [3.05, 3.63) is 45.9 Å². The van der Waals surface area contributed by atoms with E-state index in [9.17, 15) is 4.79 Å². The Morgan fingerprint density at radius 3 is 2.50 bits per heavy atom. The highest BCUT2D eigenvalue weighted by Crippen LogP contribution is 2.31. The second-order valence-electron chi connectivity index (χ2n) is 6.59. The van der Waals surface area contributed by atoms with Gasteiger partial charge in [0.25, 0.3) is 0 Å². The molecule has 0 saturated heterocycles. The minimum Gasteiger partial charge on any atom is -0.480 e. The highest BCUT2D eigenvalue weighted by atomic mass is 79.9. The van der Waals surface area contributed by atoms with Gasteiger partial charge in [0.2, 0.25) is 5.88 Å². The maximum atomic E-state index is 12.9. The zero-order valence-electron chi connectivity index (χ0n) is 15.3. The first-order valence-corrected chi connectivity index (χ1v) is 8.70. The van der Waals surface area contributed by atoms with Crippen LogP contribution in [0.3, 0.4) is 0 Å². The molecule has 0 N–H and O–H groups in total. The number of nitriles is 1. The summed E-state index contributed by atoms with van der Waals surface area (Å²) in [5.74, 6) is 0.448. The summed E-state index contributed by atoms with van der Waals surface area (Å²) in [6, 6.07) is 10.6. The number of anilines is 2. The van der Waals surface area contributed by atoms with Crippen LogP contribution in [0.25, 0.3) is 0 Å². The predicted octanol–water partition coefficient (Wildman–Crippen LogP) is 5.11. The molecule has 0 aliphatic rings. The van der Waals surface area contributed by atoms with Crippen LogP contribution in [0.1, 0.15) is 31.9 Å². The van der Waals surface area contributed by atoms with E-state index < -0.39 is 11.7 Å². The van der Waals surface area contributed by atoms with Crippen molar-refractivity contribution in [2.45, 2.75) is 33.3 Å². The van der Waals surface area contributed by atoms with Gasteiger partial charge in [-0.2, -0.15) is 10.2 Å². The first kappa shape index (κ1) is 19.7. The number of ether oxygens (including phenoxy) is 2. The van der Waals surface area contributed by atoms with Gasteiger partial charge in [-0.15, -0.1) is 0 Å². The quantitative estimate of drug-likeness (QED) is 0.693. The molecule has 1 aromatic carbocycles. The van der Waals surface area contributed by atoms with E-state index in [-0.39, 0.29) is 11.4 Å². The lowest BCUT2D eigenvalue weighted by Gasteiger charge is -2.27. The Bertz CT molecular complexity index is 869. The van der Waals surface area contributed by atoms with Crippen molar-refractivity contribution in [3.63, 3.8) is 0 Å². The number of hydrogen-bond donors (Lipinski definition) is 0. The number of benzene rings is 1. The molecule has 2 aromatic rings. The van der Waals surface area contributed by atoms with Crippen LogP contribution in [-0.4, -0.2) is 23.8 Å². The lowest BCUT2D eigenvalue weighted by molar-refractivity contribution is 0.0598. The molecule has 2 rings (SSSR count). The van der Waals surface area contributed by atoms with Gasteiger partial charge >= 0.3 is 6.09 Å². The molecule has 136 valence electrons. The molecule has 1 aromatic heterocycles. The highest BCUT2D eigenvalue weighted by molar-refractivity contribution is 9.10. The monoisotopic (exact) mass is 417 g/mol. The summed E-state index contributed by atoms with van der Waals surface area (Å²) in [6.07, 6.45) is -0.571. The molecule has 7 heteroatoms. The van der Waals surface area contributed by atoms with E-state index in [0.717, 1.165) is 10.0 Å². The SMILES string of the molecule is COc1nc(N(C(=O)OC(C)(C)C)c2ccc(Br)c(C)c2)ccc1C#N. The molecule has 1 amide bonds. The first-order chi connectivity index (χ1) is 12.2. The summed E-state index contributed by atoms with van der Waals surface area (Å²) in [5, 5.41) is 9.14. The normalized spacial score (nSPS) is 10.8. The topological polar surface area (TPSA) is 75.4 Å².